The molecular weight excluding hydrogens is 192 g/mol. The van der Waals surface area contributed by atoms with E-state index in [4.69, 9.17) is 0 Å². The van der Waals surface area contributed by atoms with E-state index in [0.717, 1.165) is 0 Å². The first-order chi connectivity index (χ1) is 6.18. The monoisotopic (exact) mass is 198 g/mol. The van der Waals surface area contributed by atoms with Gasteiger partial charge in [-0.2, -0.15) is 0 Å². The third kappa shape index (κ3) is 1.26. The van der Waals surface area contributed by atoms with E-state index in [2.05, 4.69) is 28.1 Å². The molecule has 0 atom stereocenters. The predicted molar refractivity (Wildman–Crippen MR) is 47.4 cm³/mol. The van der Waals surface area contributed by atoms with Crippen LogP contribution in [-0.2, 0) is 4.79 Å². The maximum absolute atomic E-state index is 11.3. The number of amides is 2. The van der Waals surface area contributed by atoms with Crippen molar-refractivity contribution in [3.05, 3.63) is 12.0 Å². The van der Waals surface area contributed by atoms with Crippen LogP contribution in [0.15, 0.2) is 6.33 Å². The largest absolute Gasteiger partial charge is 0.339 e. The Morgan fingerprint density at radius 3 is 3.08 bits per heavy atom. The number of fused-ring (bicyclic) bond motifs is 1. The van der Waals surface area contributed by atoms with E-state index in [1.165, 1.54) is 10.6 Å². The number of anilines is 1. The van der Waals surface area contributed by atoms with Crippen molar-refractivity contribution < 1.29 is 9.59 Å². The lowest BCUT2D eigenvalue weighted by atomic mass is 10.4. The predicted octanol–water partition coefficient (Wildman–Crippen LogP) is -0.669. The average Bonchev–Trinajstić information content (AvgIpc) is 2.47. The average molecular weight is 198 g/mol. The van der Waals surface area contributed by atoms with Crippen molar-refractivity contribution in [1.29, 1.82) is 0 Å². The Hall–Kier alpha value is -1.50. The summed E-state index contributed by atoms with van der Waals surface area (Å²) in [6, 6.07) is 0. The molecule has 0 unspecified atom stereocenters. The quantitative estimate of drug-likeness (QED) is 0.381. The Kier molecular flexibility index (Phi) is 1.73. The van der Waals surface area contributed by atoms with Crippen molar-refractivity contribution in [2.45, 2.75) is 0 Å². The van der Waals surface area contributed by atoms with Crippen LogP contribution in [0.2, 0.25) is 0 Å². The lowest BCUT2D eigenvalue weighted by molar-refractivity contribution is -0.118. The number of hydrogen-bond acceptors (Lipinski definition) is 5. The Morgan fingerprint density at radius 1 is 1.54 bits per heavy atom. The molecule has 0 saturated heterocycles. The number of imide groups is 1. The minimum absolute atomic E-state index is 0.00665. The Labute approximate surface area is 78.9 Å². The van der Waals surface area contributed by atoms with Gasteiger partial charge in [-0.25, -0.2) is 4.98 Å². The van der Waals surface area contributed by atoms with Gasteiger partial charge in [-0.1, -0.05) is 12.8 Å². The summed E-state index contributed by atoms with van der Waals surface area (Å²) >= 11 is 4.01. The molecule has 2 amide bonds. The maximum Gasteiger partial charge on any atom is 0.278 e. The highest BCUT2D eigenvalue weighted by Gasteiger charge is 2.25. The Bertz CT molecular complexity index is 374. The van der Waals surface area contributed by atoms with Gasteiger partial charge in [0.05, 0.1) is 6.33 Å². The van der Waals surface area contributed by atoms with E-state index < -0.39 is 11.8 Å². The van der Waals surface area contributed by atoms with E-state index in [1.54, 1.807) is 0 Å². The zero-order valence-electron chi connectivity index (χ0n) is 6.44. The Morgan fingerprint density at radius 2 is 2.31 bits per heavy atom. The molecule has 0 spiro atoms. The van der Waals surface area contributed by atoms with Gasteiger partial charge in [0, 0.05) is 0 Å². The lowest BCUT2D eigenvalue weighted by Crippen LogP contribution is -2.33. The zero-order chi connectivity index (χ0) is 9.42. The highest BCUT2D eigenvalue weighted by atomic mass is 32.1. The second kappa shape index (κ2) is 2.77. The molecule has 0 aliphatic carbocycles. The number of H-pyrrole nitrogens is 1. The number of aromatic amines is 1. The highest BCUT2D eigenvalue weighted by Crippen LogP contribution is 2.18. The van der Waals surface area contributed by atoms with Gasteiger partial charge in [0.2, 0.25) is 5.91 Å². The summed E-state index contributed by atoms with van der Waals surface area (Å²) in [4.78, 5) is 28.8. The number of carbonyl (C=O) groups excluding carboxylic acids is 2. The molecule has 0 aromatic carbocycles. The van der Waals surface area contributed by atoms with E-state index in [0.29, 0.717) is 5.82 Å². The second-order valence-electron chi connectivity index (χ2n) is 2.54. The fourth-order valence-corrected chi connectivity index (χ4v) is 1.37. The van der Waals surface area contributed by atoms with Gasteiger partial charge >= 0.3 is 0 Å². The summed E-state index contributed by atoms with van der Waals surface area (Å²) < 4.78 is 1.31. The molecule has 0 bridgehead atoms. The smallest absolute Gasteiger partial charge is 0.278 e. The molecular formula is C6H6N4O2S. The second-order valence-corrected chi connectivity index (χ2v) is 3.02. The molecule has 13 heavy (non-hydrogen) atoms. The molecule has 0 radical (unpaired) electrons. The number of aromatic nitrogens is 2. The molecule has 6 nitrogen and oxygen atoms in total. The summed E-state index contributed by atoms with van der Waals surface area (Å²) in [6.45, 7) is 0.00665. The van der Waals surface area contributed by atoms with Crippen molar-refractivity contribution in [3.63, 3.8) is 0 Å². The van der Waals surface area contributed by atoms with Crippen LogP contribution in [0.5, 0.6) is 0 Å². The molecule has 1 aliphatic heterocycles. The summed E-state index contributed by atoms with van der Waals surface area (Å²) in [5.41, 5.74) is 0.251. The fraction of sp³-hybridized carbons (Fsp3) is 0.167. The zero-order valence-corrected chi connectivity index (χ0v) is 7.34. The molecule has 2 heterocycles. The molecule has 2 N–H and O–H groups in total. The van der Waals surface area contributed by atoms with Gasteiger partial charge in [0.25, 0.3) is 5.91 Å². The molecule has 7 heteroatoms. The van der Waals surface area contributed by atoms with E-state index in [-0.39, 0.29) is 12.2 Å². The molecule has 1 aromatic heterocycles. The molecule has 1 aromatic rings. The number of rotatable bonds is 0. The van der Waals surface area contributed by atoms with E-state index in [9.17, 15) is 9.59 Å². The van der Waals surface area contributed by atoms with Crippen molar-refractivity contribution in [2.24, 2.45) is 0 Å². The minimum Gasteiger partial charge on any atom is -0.339 e. The van der Waals surface area contributed by atoms with Gasteiger partial charge in [0.15, 0.2) is 5.82 Å². The third-order valence-corrected chi connectivity index (χ3v) is 1.97. The van der Waals surface area contributed by atoms with Crippen LogP contribution >= 0.6 is 12.8 Å². The van der Waals surface area contributed by atoms with E-state index >= 15 is 0 Å². The molecule has 0 fully saturated rings. The van der Waals surface area contributed by atoms with Crippen LogP contribution in [0, 0.1) is 0 Å². The lowest BCUT2D eigenvalue weighted by Gasteiger charge is -2.09. The SMILES string of the molecule is O=C1CN(S)c2nc[nH]c2C(=O)N1. The maximum atomic E-state index is 11.3. The number of hydrogen-bond donors (Lipinski definition) is 3. The van der Waals surface area contributed by atoms with Gasteiger partial charge in [-0.15, -0.1) is 0 Å². The molecule has 1 aliphatic rings. The minimum atomic E-state index is -0.478. The van der Waals surface area contributed by atoms with Crippen molar-refractivity contribution in [1.82, 2.24) is 15.3 Å². The van der Waals surface area contributed by atoms with Gasteiger partial charge in [-0.3, -0.25) is 19.2 Å². The summed E-state index contributed by atoms with van der Waals surface area (Å²) in [7, 11) is 0. The number of thiol groups is 1. The first kappa shape index (κ1) is 8.11. The molecule has 2 rings (SSSR count). The molecule has 0 saturated carbocycles. The van der Waals surface area contributed by atoms with Gasteiger partial charge in [0.1, 0.15) is 12.2 Å². The topological polar surface area (TPSA) is 78.1 Å². The van der Waals surface area contributed by atoms with Gasteiger partial charge < -0.3 is 4.98 Å². The van der Waals surface area contributed by atoms with Gasteiger partial charge in [-0.05, 0) is 0 Å². The summed E-state index contributed by atoms with van der Waals surface area (Å²) in [6.07, 6.45) is 1.38. The first-order valence-corrected chi connectivity index (χ1v) is 3.92. The number of nitrogens with one attached hydrogen (secondary N) is 2. The van der Waals surface area contributed by atoms with Crippen LogP contribution in [0.4, 0.5) is 5.82 Å². The van der Waals surface area contributed by atoms with Crippen LogP contribution in [0.1, 0.15) is 10.5 Å². The standard InChI is InChI=1S/C6H6N4O2S/c11-3-1-10(13)5-4(6(12)9-3)7-2-8-5/h2,13H,1H2,(H,7,8)(H,9,11,12). The highest BCUT2D eigenvalue weighted by molar-refractivity contribution is 7.81. The van der Waals surface area contributed by atoms with E-state index in [1.807, 2.05) is 0 Å². The molecule has 68 valence electrons. The number of nitrogens with zero attached hydrogens (tertiary/aromatic N) is 2. The van der Waals surface area contributed by atoms with Crippen molar-refractivity contribution in [2.75, 3.05) is 10.8 Å². The number of imidazole rings is 1. The summed E-state index contributed by atoms with van der Waals surface area (Å²) in [5, 5.41) is 2.17. The number of carbonyl (C=O) groups is 2. The third-order valence-electron chi connectivity index (χ3n) is 1.64. The van der Waals surface area contributed by atoms with Crippen LogP contribution in [0.3, 0.4) is 0 Å². The van der Waals surface area contributed by atoms with Crippen LogP contribution in [0.25, 0.3) is 0 Å². The normalized spacial score (nSPS) is 16.5. The van der Waals surface area contributed by atoms with Crippen molar-refractivity contribution >= 4 is 30.4 Å². The first-order valence-electron chi connectivity index (χ1n) is 3.52. The van der Waals surface area contributed by atoms with Crippen LogP contribution in [-0.4, -0.2) is 28.3 Å². The fourth-order valence-electron chi connectivity index (χ4n) is 1.09. The summed E-state index contributed by atoms with van der Waals surface area (Å²) in [5.74, 6) is -0.507. The van der Waals surface area contributed by atoms with Crippen molar-refractivity contribution in [3.8, 4) is 0 Å². The van der Waals surface area contributed by atoms with Crippen LogP contribution < -0.4 is 9.62 Å². The Balaban J connectivity index is 2.48.